The van der Waals surface area contributed by atoms with E-state index < -0.39 is 11.9 Å². The third-order valence-electron chi connectivity index (χ3n) is 3.37. The Balaban J connectivity index is 2.33. The molecule has 0 aliphatic carbocycles. The van der Waals surface area contributed by atoms with Crippen LogP contribution in [-0.4, -0.2) is 14.9 Å². The van der Waals surface area contributed by atoms with Crippen LogP contribution in [0.3, 0.4) is 0 Å². The highest BCUT2D eigenvalue weighted by Gasteiger charge is 2.26. The second-order valence-electron chi connectivity index (χ2n) is 6.29. The van der Waals surface area contributed by atoms with Crippen molar-refractivity contribution in [2.24, 2.45) is 7.05 Å². The molecule has 0 aliphatic rings. The van der Waals surface area contributed by atoms with Gasteiger partial charge in [0.05, 0.1) is 16.8 Å². The van der Waals surface area contributed by atoms with Crippen molar-refractivity contribution in [3.8, 4) is 0 Å². The number of halogens is 2. The molecule has 0 radical (unpaired) electrons. The number of hydrogen-bond acceptors (Lipinski definition) is 2. The van der Waals surface area contributed by atoms with Gasteiger partial charge in [-0.3, -0.25) is 4.68 Å². The van der Waals surface area contributed by atoms with Crippen molar-refractivity contribution in [3.05, 3.63) is 52.1 Å². The first-order chi connectivity index (χ1) is 9.70. The number of aryl methyl sites for hydroxylation is 1. The molecule has 2 rings (SSSR count). The van der Waals surface area contributed by atoms with Gasteiger partial charge in [-0.15, -0.1) is 0 Å². The minimum Gasteiger partial charge on any atom is -0.388 e. The van der Waals surface area contributed by atoms with Crippen molar-refractivity contribution >= 4 is 11.6 Å². The van der Waals surface area contributed by atoms with Crippen LogP contribution < -0.4 is 0 Å². The van der Waals surface area contributed by atoms with E-state index in [2.05, 4.69) is 5.10 Å². The average molecular weight is 311 g/mol. The molecule has 2 aromatic rings. The predicted octanol–water partition coefficient (Wildman–Crippen LogP) is 3.79. The molecule has 0 spiro atoms. The molecular weight excluding hydrogens is 291 g/mol. The summed E-state index contributed by atoms with van der Waals surface area (Å²) >= 11 is 5.95. The van der Waals surface area contributed by atoms with Gasteiger partial charge >= 0.3 is 0 Å². The molecule has 0 saturated carbocycles. The SMILES string of the molecule is Cn1cc(C(O)Cc2cccc(F)c2Cl)c(C(C)(C)C)n1. The molecule has 0 bridgehead atoms. The number of hydrogen-bond donors (Lipinski definition) is 1. The van der Waals surface area contributed by atoms with Gasteiger partial charge in [-0.1, -0.05) is 44.5 Å². The molecule has 5 heteroatoms. The molecule has 1 unspecified atom stereocenters. The Morgan fingerprint density at radius 1 is 1.38 bits per heavy atom. The van der Waals surface area contributed by atoms with E-state index in [1.165, 1.54) is 6.07 Å². The fourth-order valence-electron chi connectivity index (χ4n) is 2.36. The Kier molecular flexibility index (Phi) is 4.40. The molecule has 114 valence electrons. The van der Waals surface area contributed by atoms with Gasteiger partial charge in [0.2, 0.25) is 0 Å². The van der Waals surface area contributed by atoms with Gasteiger partial charge in [0, 0.05) is 30.6 Å². The molecule has 0 fully saturated rings. The van der Waals surface area contributed by atoms with Crippen LogP contribution in [0.25, 0.3) is 0 Å². The highest BCUT2D eigenvalue weighted by Crippen LogP contribution is 2.31. The molecule has 1 atom stereocenters. The lowest BCUT2D eigenvalue weighted by molar-refractivity contribution is 0.176. The number of aromatic nitrogens is 2. The first-order valence-electron chi connectivity index (χ1n) is 6.85. The van der Waals surface area contributed by atoms with Gasteiger partial charge in [0.1, 0.15) is 5.82 Å². The average Bonchev–Trinajstić information content (AvgIpc) is 2.77. The van der Waals surface area contributed by atoms with Crippen LogP contribution in [0.15, 0.2) is 24.4 Å². The summed E-state index contributed by atoms with van der Waals surface area (Å²) in [6.07, 6.45) is 1.29. The smallest absolute Gasteiger partial charge is 0.142 e. The van der Waals surface area contributed by atoms with E-state index in [4.69, 9.17) is 11.6 Å². The third kappa shape index (κ3) is 3.44. The lowest BCUT2D eigenvalue weighted by Crippen LogP contribution is -2.17. The largest absolute Gasteiger partial charge is 0.388 e. The van der Waals surface area contributed by atoms with Gasteiger partial charge in [-0.25, -0.2) is 4.39 Å². The Hall–Kier alpha value is -1.39. The lowest BCUT2D eigenvalue weighted by Gasteiger charge is -2.20. The van der Waals surface area contributed by atoms with Crippen LogP contribution in [0.2, 0.25) is 5.02 Å². The summed E-state index contributed by atoms with van der Waals surface area (Å²) in [4.78, 5) is 0. The van der Waals surface area contributed by atoms with Crippen LogP contribution in [0.5, 0.6) is 0 Å². The highest BCUT2D eigenvalue weighted by molar-refractivity contribution is 6.31. The zero-order chi connectivity index (χ0) is 15.8. The zero-order valence-electron chi connectivity index (χ0n) is 12.7. The number of aliphatic hydroxyl groups excluding tert-OH is 1. The minimum atomic E-state index is -0.771. The predicted molar refractivity (Wildman–Crippen MR) is 82.0 cm³/mol. The van der Waals surface area contributed by atoms with Crippen LogP contribution in [0.1, 0.15) is 43.7 Å². The fourth-order valence-corrected chi connectivity index (χ4v) is 2.56. The molecule has 0 aliphatic heterocycles. The second kappa shape index (κ2) is 5.78. The van der Waals surface area contributed by atoms with Crippen LogP contribution in [-0.2, 0) is 18.9 Å². The van der Waals surface area contributed by atoms with Gasteiger partial charge in [-0.2, -0.15) is 5.10 Å². The van der Waals surface area contributed by atoms with E-state index in [0.29, 0.717) is 5.56 Å². The molecule has 1 heterocycles. The summed E-state index contributed by atoms with van der Waals surface area (Å²) in [7, 11) is 1.82. The van der Waals surface area contributed by atoms with E-state index in [-0.39, 0.29) is 16.9 Å². The second-order valence-corrected chi connectivity index (χ2v) is 6.67. The van der Waals surface area contributed by atoms with E-state index in [9.17, 15) is 9.50 Å². The lowest BCUT2D eigenvalue weighted by atomic mass is 9.87. The van der Waals surface area contributed by atoms with Crippen molar-refractivity contribution in [1.29, 1.82) is 0 Å². The monoisotopic (exact) mass is 310 g/mol. The molecule has 1 N–H and O–H groups in total. The van der Waals surface area contributed by atoms with Gasteiger partial charge in [-0.05, 0) is 11.6 Å². The molecule has 0 saturated heterocycles. The van der Waals surface area contributed by atoms with Gasteiger partial charge < -0.3 is 5.11 Å². The summed E-state index contributed by atoms with van der Waals surface area (Å²) < 4.78 is 15.2. The summed E-state index contributed by atoms with van der Waals surface area (Å²) in [6.45, 7) is 6.13. The number of benzene rings is 1. The standard InChI is InChI=1S/C16H20ClFN2O/c1-16(2,3)15-11(9-20(4)19-15)13(21)8-10-6-5-7-12(18)14(10)17/h5-7,9,13,21H,8H2,1-4H3. The fraction of sp³-hybridized carbons (Fsp3) is 0.438. The van der Waals surface area contributed by atoms with Gasteiger partial charge in [0.15, 0.2) is 0 Å². The molecule has 0 amide bonds. The van der Waals surface area contributed by atoms with Crippen molar-refractivity contribution in [1.82, 2.24) is 9.78 Å². The molecule has 3 nitrogen and oxygen atoms in total. The Labute approximate surface area is 129 Å². The van der Waals surface area contributed by atoms with Crippen molar-refractivity contribution in [2.45, 2.75) is 38.7 Å². The van der Waals surface area contributed by atoms with Crippen molar-refractivity contribution in [2.75, 3.05) is 0 Å². The third-order valence-corrected chi connectivity index (χ3v) is 3.79. The molecule has 1 aromatic carbocycles. The first-order valence-corrected chi connectivity index (χ1v) is 7.23. The molecule has 21 heavy (non-hydrogen) atoms. The van der Waals surface area contributed by atoms with Crippen LogP contribution in [0, 0.1) is 5.82 Å². The summed E-state index contributed by atoms with van der Waals surface area (Å²) in [5.74, 6) is -0.469. The van der Waals surface area contributed by atoms with E-state index >= 15 is 0 Å². The van der Waals surface area contributed by atoms with E-state index in [0.717, 1.165) is 11.3 Å². The molecular formula is C16H20ClFN2O. The maximum absolute atomic E-state index is 13.5. The quantitative estimate of drug-likeness (QED) is 0.936. The summed E-state index contributed by atoms with van der Waals surface area (Å²) in [5.41, 5.74) is 2.01. The Morgan fingerprint density at radius 3 is 2.67 bits per heavy atom. The van der Waals surface area contributed by atoms with Gasteiger partial charge in [0.25, 0.3) is 0 Å². The van der Waals surface area contributed by atoms with Crippen molar-refractivity contribution < 1.29 is 9.50 Å². The first kappa shape index (κ1) is 16.0. The van der Waals surface area contributed by atoms with Crippen LogP contribution >= 0.6 is 11.6 Å². The maximum atomic E-state index is 13.5. The van der Waals surface area contributed by atoms with E-state index in [1.807, 2.05) is 27.8 Å². The summed E-state index contributed by atoms with van der Waals surface area (Å²) in [5, 5.41) is 15.0. The molecule has 1 aromatic heterocycles. The van der Waals surface area contributed by atoms with Crippen molar-refractivity contribution in [3.63, 3.8) is 0 Å². The highest BCUT2D eigenvalue weighted by atomic mass is 35.5. The Morgan fingerprint density at radius 2 is 2.05 bits per heavy atom. The zero-order valence-corrected chi connectivity index (χ0v) is 13.4. The topological polar surface area (TPSA) is 38.0 Å². The minimum absolute atomic E-state index is 0.0674. The number of aliphatic hydroxyl groups is 1. The summed E-state index contributed by atoms with van der Waals surface area (Å²) in [6, 6.07) is 4.63. The maximum Gasteiger partial charge on any atom is 0.142 e. The number of nitrogens with zero attached hydrogens (tertiary/aromatic N) is 2. The van der Waals surface area contributed by atoms with Crippen LogP contribution in [0.4, 0.5) is 4.39 Å². The number of rotatable bonds is 3. The Bertz CT molecular complexity index is 646. The normalized spacial score (nSPS) is 13.5. The van der Waals surface area contributed by atoms with E-state index in [1.54, 1.807) is 23.0 Å².